The minimum atomic E-state index is 0.0203. The fraction of sp³-hybridized carbons (Fsp3) is 0.421. The molecule has 1 aromatic heterocycles. The molecule has 0 saturated carbocycles. The second kappa shape index (κ2) is 7.19. The fourth-order valence-electron chi connectivity index (χ4n) is 3.48. The lowest BCUT2D eigenvalue weighted by Gasteiger charge is -2.26. The highest BCUT2D eigenvalue weighted by Crippen LogP contribution is 2.27. The third-order valence-corrected chi connectivity index (χ3v) is 4.93. The number of morpholine rings is 1. The molecule has 2 fully saturated rings. The summed E-state index contributed by atoms with van der Waals surface area (Å²) < 4.78 is 5.34. The monoisotopic (exact) mass is 338 g/mol. The number of aromatic nitrogens is 2. The standard InChI is InChI=1S/C19H22N4O2/c24-18(23-7-6-16(14-23)15-4-2-1-3-5-15)17-12-20-19(21-13-17)22-8-10-25-11-9-22/h1-5,12-13,16H,6-11,14H2. The molecule has 3 heterocycles. The second-order valence-electron chi connectivity index (χ2n) is 6.52. The average molecular weight is 338 g/mol. The summed E-state index contributed by atoms with van der Waals surface area (Å²) in [5, 5.41) is 0. The molecule has 130 valence electrons. The summed E-state index contributed by atoms with van der Waals surface area (Å²) in [5.74, 6) is 1.11. The molecule has 0 radical (unpaired) electrons. The van der Waals surface area contributed by atoms with E-state index in [-0.39, 0.29) is 5.91 Å². The van der Waals surface area contributed by atoms with Crippen LogP contribution < -0.4 is 4.90 Å². The Morgan fingerprint density at radius 1 is 1.04 bits per heavy atom. The molecule has 0 N–H and O–H groups in total. The zero-order valence-corrected chi connectivity index (χ0v) is 14.2. The SMILES string of the molecule is O=C(c1cnc(N2CCOCC2)nc1)N1CCC(c2ccccc2)C1. The molecule has 0 spiro atoms. The molecular weight excluding hydrogens is 316 g/mol. The van der Waals surface area contributed by atoms with Crippen molar-refractivity contribution < 1.29 is 9.53 Å². The number of hydrogen-bond acceptors (Lipinski definition) is 5. The van der Waals surface area contributed by atoms with Gasteiger partial charge in [0, 0.05) is 44.5 Å². The Hall–Kier alpha value is -2.47. The van der Waals surface area contributed by atoms with Crippen LogP contribution in [0.2, 0.25) is 0 Å². The zero-order chi connectivity index (χ0) is 17.1. The maximum absolute atomic E-state index is 12.7. The molecular formula is C19H22N4O2. The van der Waals surface area contributed by atoms with Gasteiger partial charge in [-0.05, 0) is 12.0 Å². The van der Waals surface area contributed by atoms with Gasteiger partial charge in [-0.25, -0.2) is 9.97 Å². The van der Waals surface area contributed by atoms with Gasteiger partial charge in [0.15, 0.2) is 0 Å². The van der Waals surface area contributed by atoms with Crippen LogP contribution in [0.4, 0.5) is 5.95 Å². The Balaban J connectivity index is 1.41. The Labute approximate surface area is 147 Å². The van der Waals surface area contributed by atoms with Gasteiger partial charge < -0.3 is 14.5 Å². The van der Waals surface area contributed by atoms with Crippen molar-refractivity contribution in [3.05, 3.63) is 53.9 Å². The van der Waals surface area contributed by atoms with Gasteiger partial charge in [-0.2, -0.15) is 0 Å². The number of likely N-dealkylation sites (tertiary alicyclic amines) is 1. The summed E-state index contributed by atoms with van der Waals surface area (Å²) in [6, 6.07) is 10.4. The highest BCUT2D eigenvalue weighted by atomic mass is 16.5. The number of nitrogens with zero attached hydrogens (tertiary/aromatic N) is 4. The van der Waals surface area contributed by atoms with Gasteiger partial charge in [-0.3, -0.25) is 4.79 Å². The number of benzene rings is 1. The largest absolute Gasteiger partial charge is 0.378 e. The van der Waals surface area contributed by atoms with Crippen molar-refractivity contribution in [2.24, 2.45) is 0 Å². The molecule has 2 aliphatic heterocycles. The van der Waals surface area contributed by atoms with Gasteiger partial charge in [0.25, 0.3) is 5.91 Å². The topological polar surface area (TPSA) is 58.6 Å². The lowest BCUT2D eigenvalue weighted by Crippen LogP contribution is -2.37. The molecule has 1 aromatic carbocycles. The predicted octanol–water partition coefficient (Wildman–Crippen LogP) is 1.94. The number of anilines is 1. The van der Waals surface area contributed by atoms with Crippen LogP contribution in [0.15, 0.2) is 42.7 Å². The molecule has 25 heavy (non-hydrogen) atoms. The van der Waals surface area contributed by atoms with Crippen LogP contribution in [0.25, 0.3) is 0 Å². The van der Waals surface area contributed by atoms with Crippen LogP contribution in [-0.4, -0.2) is 60.2 Å². The van der Waals surface area contributed by atoms with Crippen molar-refractivity contribution in [1.82, 2.24) is 14.9 Å². The van der Waals surface area contributed by atoms with E-state index in [1.54, 1.807) is 12.4 Å². The van der Waals surface area contributed by atoms with Crippen molar-refractivity contribution in [3.63, 3.8) is 0 Å². The maximum Gasteiger partial charge on any atom is 0.257 e. The number of carbonyl (C=O) groups is 1. The van der Waals surface area contributed by atoms with Crippen molar-refractivity contribution in [2.45, 2.75) is 12.3 Å². The Kier molecular flexibility index (Phi) is 4.61. The van der Waals surface area contributed by atoms with Crippen molar-refractivity contribution in [1.29, 1.82) is 0 Å². The molecule has 1 unspecified atom stereocenters. The maximum atomic E-state index is 12.7. The van der Waals surface area contributed by atoms with Gasteiger partial charge in [0.05, 0.1) is 18.8 Å². The fourth-order valence-corrected chi connectivity index (χ4v) is 3.48. The Morgan fingerprint density at radius 2 is 1.76 bits per heavy atom. The summed E-state index contributed by atoms with van der Waals surface area (Å²) in [5.41, 5.74) is 1.86. The first-order chi connectivity index (χ1) is 12.3. The number of hydrogen-bond donors (Lipinski definition) is 0. The van der Waals surface area contributed by atoms with Gasteiger partial charge in [0.2, 0.25) is 5.95 Å². The van der Waals surface area contributed by atoms with E-state index in [9.17, 15) is 4.79 Å². The molecule has 1 atom stereocenters. The van der Waals surface area contributed by atoms with Crippen molar-refractivity contribution in [2.75, 3.05) is 44.3 Å². The van der Waals surface area contributed by atoms with Crippen LogP contribution in [0.1, 0.15) is 28.3 Å². The third kappa shape index (κ3) is 3.49. The van der Waals surface area contributed by atoms with Crippen LogP contribution in [0.5, 0.6) is 0 Å². The molecule has 4 rings (SSSR count). The van der Waals surface area contributed by atoms with Crippen molar-refractivity contribution in [3.8, 4) is 0 Å². The van der Waals surface area contributed by atoms with E-state index in [2.05, 4.69) is 39.1 Å². The quantitative estimate of drug-likeness (QED) is 0.856. The zero-order valence-electron chi connectivity index (χ0n) is 14.2. The van der Waals surface area contributed by atoms with Crippen LogP contribution in [0, 0.1) is 0 Å². The number of rotatable bonds is 3. The van der Waals surface area contributed by atoms with Crippen LogP contribution in [-0.2, 0) is 4.74 Å². The lowest BCUT2D eigenvalue weighted by atomic mass is 9.99. The molecule has 2 aliphatic rings. The normalized spacial score (nSPS) is 20.7. The summed E-state index contributed by atoms with van der Waals surface area (Å²) in [6.07, 6.45) is 4.30. The first-order valence-electron chi connectivity index (χ1n) is 8.80. The minimum absolute atomic E-state index is 0.0203. The first kappa shape index (κ1) is 16.0. The first-order valence-corrected chi connectivity index (χ1v) is 8.80. The summed E-state index contributed by atoms with van der Waals surface area (Å²) in [6.45, 7) is 4.51. The molecule has 6 heteroatoms. The highest BCUT2D eigenvalue weighted by molar-refractivity contribution is 5.94. The van der Waals surface area contributed by atoms with E-state index in [1.165, 1.54) is 5.56 Å². The Bertz CT molecular complexity index is 714. The van der Waals surface area contributed by atoms with Crippen LogP contribution in [0.3, 0.4) is 0 Å². The highest BCUT2D eigenvalue weighted by Gasteiger charge is 2.28. The van der Waals surface area contributed by atoms with E-state index in [1.807, 2.05) is 11.0 Å². The molecule has 0 aliphatic carbocycles. The second-order valence-corrected chi connectivity index (χ2v) is 6.52. The van der Waals surface area contributed by atoms with Gasteiger partial charge in [-0.15, -0.1) is 0 Å². The third-order valence-electron chi connectivity index (χ3n) is 4.93. The molecule has 2 aromatic rings. The summed E-state index contributed by atoms with van der Waals surface area (Å²) in [4.78, 5) is 25.5. The van der Waals surface area contributed by atoms with Gasteiger partial charge >= 0.3 is 0 Å². The minimum Gasteiger partial charge on any atom is -0.378 e. The van der Waals surface area contributed by atoms with Gasteiger partial charge in [-0.1, -0.05) is 30.3 Å². The smallest absolute Gasteiger partial charge is 0.257 e. The molecule has 6 nitrogen and oxygen atoms in total. The number of amides is 1. The van der Waals surface area contributed by atoms with Crippen molar-refractivity contribution >= 4 is 11.9 Å². The predicted molar refractivity (Wildman–Crippen MR) is 94.8 cm³/mol. The average Bonchev–Trinajstić information content (AvgIpc) is 3.19. The Morgan fingerprint density at radius 3 is 2.48 bits per heavy atom. The van der Waals surface area contributed by atoms with E-state index >= 15 is 0 Å². The van der Waals surface area contributed by atoms with Crippen LogP contribution >= 0.6 is 0 Å². The van der Waals surface area contributed by atoms with E-state index in [0.717, 1.165) is 32.6 Å². The van der Waals surface area contributed by atoms with E-state index < -0.39 is 0 Å². The van der Waals surface area contributed by atoms with E-state index in [0.29, 0.717) is 30.6 Å². The molecule has 0 bridgehead atoms. The molecule has 2 saturated heterocycles. The number of ether oxygens (including phenoxy) is 1. The van der Waals surface area contributed by atoms with E-state index in [4.69, 9.17) is 4.74 Å². The summed E-state index contributed by atoms with van der Waals surface area (Å²) >= 11 is 0. The lowest BCUT2D eigenvalue weighted by molar-refractivity contribution is 0.0790. The summed E-state index contributed by atoms with van der Waals surface area (Å²) in [7, 11) is 0. The number of carbonyl (C=O) groups excluding carboxylic acids is 1. The van der Waals surface area contributed by atoms with Gasteiger partial charge in [0.1, 0.15) is 0 Å². The molecule has 1 amide bonds.